The monoisotopic (exact) mass is 396 g/mol. The highest BCUT2D eigenvalue weighted by Gasteiger charge is 2.25. The molecule has 1 aromatic carbocycles. The maximum Gasteiger partial charge on any atom is 0.317 e. The van der Waals surface area contributed by atoms with E-state index in [0.29, 0.717) is 24.2 Å². The first-order valence-electron chi connectivity index (χ1n) is 9.57. The van der Waals surface area contributed by atoms with Crippen molar-refractivity contribution in [1.29, 1.82) is 0 Å². The molecule has 1 aliphatic carbocycles. The number of hydrogen-bond donors (Lipinski definition) is 1. The van der Waals surface area contributed by atoms with Crippen molar-refractivity contribution < 1.29 is 19.0 Å². The van der Waals surface area contributed by atoms with Gasteiger partial charge in [-0.3, -0.25) is 4.79 Å². The van der Waals surface area contributed by atoms with Crippen molar-refractivity contribution in [3.63, 3.8) is 0 Å². The Morgan fingerprint density at radius 2 is 1.90 bits per heavy atom. The maximum atomic E-state index is 13.4. The lowest BCUT2D eigenvalue weighted by Gasteiger charge is -2.24. The molecule has 150 valence electrons. The van der Waals surface area contributed by atoms with Gasteiger partial charge in [0.15, 0.2) is 0 Å². The molecule has 1 fully saturated rings. The number of rotatable bonds is 6. The molecule has 1 aliphatic rings. The third-order valence-electron chi connectivity index (χ3n) is 5.02. The van der Waals surface area contributed by atoms with E-state index in [-0.39, 0.29) is 36.9 Å². The van der Waals surface area contributed by atoms with E-state index in [2.05, 4.69) is 15.0 Å². The smallest absolute Gasteiger partial charge is 0.317 e. The molecule has 2 heterocycles. The Hall–Kier alpha value is -3.13. The lowest BCUT2D eigenvalue weighted by atomic mass is 9.93. The molecule has 0 atom stereocenters. The summed E-state index contributed by atoms with van der Waals surface area (Å²) in [5.74, 6) is -0.0364. The van der Waals surface area contributed by atoms with Gasteiger partial charge in [0.2, 0.25) is 0 Å². The Balaban J connectivity index is 1.79. The molecule has 1 N–H and O–H groups in total. The van der Waals surface area contributed by atoms with Gasteiger partial charge in [-0.2, -0.15) is 4.98 Å². The first-order valence-corrected chi connectivity index (χ1v) is 9.57. The van der Waals surface area contributed by atoms with Crippen molar-refractivity contribution in [3.8, 4) is 28.7 Å². The Kier molecular flexibility index (Phi) is 5.62. The largest absolute Gasteiger partial charge is 0.461 e. The zero-order valence-corrected chi connectivity index (χ0v) is 15.8. The van der Waals surface area contributed by atoms with Crippen LogP contribution in [0.15, 0.2) is 42.9 Å². The van der Waals surface area contributed by atoms with Gasteiger partial charge < -0.3 is 14.4 Å². The molecular weight excluding hydrogens is 375 g/mol. The fraction of sp³-hybridized carbons (Fsp3) is 0.333. The number of ketones is 1. The summed E-state index contributed by atoms with van der Waals surface area (Å²) in [5.41, 5.74) is 2.83. The molecule has 2 aromatic heterocycles. The Bertz CT molecular complexity index is 993. The van der Waals surface area contributed by atoms with Crippen LogP contribution in [0, 0.1) is 5.82 Å². The number of hydrogen-bond acceptors (Lipinski definition) is 6. The number of aliphatic hydroxyl groups excluding tert-OH is 1. The molecule has 0 bridgehead atoms. The van der Waals surface area contributed by atoms with Crippen molar-refractivity contribution in [2.45, 2.75) is 31.7 Å². The minimum absolute atomic E-state index is 0.0955. The predicted octanol–water partition coefficient (Wildman–Crippen LogP) is 3.20. The van der Waals surface area contributed by atoms with Crippen LogP contribution in [-0.2, 0) is 4.79 Å². The summed E-state index contributed by atoms with van der Waals surface area (Å²) in [7, 11) is 0. The maximum absolute atomic E-state index is 13.4. The van der Waals surface area contributed by atoms with E-state index in [1.54, 1.807) is 30.7 Å². The SMILES string of the molecule is O=C1CCC(n2cnc(-c3ccc(F)cc3)c2-c2ccnc(OCCO)n2)CC1. The van der Waals surface area contributed by atoms with E-state index in [9.17, 15) is 9.18 Å². The van der Waals surface area contributed by atoms with Crippen LogP contribution in [-0.4, -0.2) is 43.6 Å². The first kappa shape index (κ1) is 19.2. The van der Waals surface area contributed by atoms with Gasteiger partial charge >= 0.3 is 6.01 Å². The van der Waals surface area contributed by atoms with Gasteiger partial charge in [-0.1, -0.05) is 0 Å². The van der Waals surface area contributed by atoms with Crippen LogP contribution < -0.4 is 4.74 Å². The van der Waals surface area contributed by atoms with Crippen LogP contribution in [0.5, 0.6) is 6.01 Å². The van der Waals surface area contributed by atoms with Crippen LogP contribution in [0.4, 0.5) is 4.39 Å². The number of nitrogens with zero attached hydrogens (tertiary/aromatic N) is 4. The first-order chi connectivity index (χ1) is 14.2. The van der Waals surface area contributed by atoms with Gasteiger partial charge in [0, 0.05) is 30.6 Å². The normalized spacial score (nSPS) is 14.9. The lowest BCUT2D eigenvalue weighted by Crippen LogP contribution is -2.18. The second-order valence-electron chi connectivity index (χ2n) is 6.92. The third kappa shape index (κ3) is 4.17. The van der Waals surface area contributed by atoms with E-state index in [1.165, 1.54) is 12.1 Å². The van der Waals surface area contributed by atoms with E-state index in [1.807, 2.05) is 4.57 Å². The standard InChI is InChI=1S/C21H21FN4O3/c22-15-3-1-14(2-4-15)19-20(18-9-10-23-21(25-18)29-12-11-27)26(13-24-19)16-5-7-17(28)8-6-16/h1-4,9-10,13,16,27H,5-8,11-12H2. The second-order valence-corrected chi connectivity index (χ2v) is 6.92. The number of benzene rings is 1. The minimum atomic E-state index is -0.317. The molecular formula is C21H21FN4O3. The molecule has 0 spiro atoms. The fourth-order valence-electron chi connectivity index (χ4n) is 3.59. The van der Waals surface area contributed by atoms with E-state index in [0.717, 1.165) is 24.1 Å². The minimum Gasteiger partial charge on any atom is -0.461 e. The summed E-state index contributed by atoms with van der Waals surface area (Å²) < 4.78 is 20.8. The zero-order valence-electron chi connectivity index (χ0n) is 15.8. The van der Waals surface area contributed by atoms with Gasteiger partial charge in [-0.25, -0.2) is 14.4 Å². The molecule has 1 saturated carbocycles. The van der Waals surface area contributed by atoms with E-state index in [4.69, 9.17) is 9.84 Å². The van der Waals surface area contributed by atoms with Crippen LogP contribution >= 0.6 is 0 Å². The topological polar surface area (TPSA) is 90.1 Å². The van der Waals surface area contributed by atoms with Crippen LogP contribution in [0.25, 0.3) is 22.6 Å². The molecule has 0 saturated heterocycles. The molecule has 29 heavy (non-hydrogen) atoms. The molecule has 8 heteroatoms. The summed E-state index contributed by atoms with van der Waals surface area (Å²) in [6.07, 6.45) is 5.91. The van der Waals surface area contributed by atoms with Crippen LogP contribution in [0.2, 0.25) is 0 Å². The van der Waals surface area contributed by atoms with E-state index >= 15 is 0 Å². The average Bonchev–Trinajstić information content (AvgIpc) is 3.18. The summed E-state index contributed by atoms with van der Waals surface area (Å²) in [4.78, 5) is 24.8. The van der Waals surface area contributed by atoms with Gasteiger partial charge in [0.25, 0.3) is 0 Å². The molecule has 0 amide bonds. The van der Waals surface area contributed by atoms with Crippen LogP contribution in [0.3, 0.4) is 0 Å². The number of imidazole rings is 1. The number of carbonyl (C=O) groups excluding carboxylic acids is 1. The Morgan fingerprint density at radius 1 is 1.14 bits per heavy atom. The zero-order chi connectivity index (χ0) is 20.2. The number of Topliss-reactive ketones (excluding diaryl/α,β-unsaturated/α-hetero) is 1. The number of aliphatic hydroxyl groups is 1. The van der Waals surface area contributed by atoms with Crippen molar-refractivity contribution in [1.82, 2.24) is 19.5 Å². The van der Waals surface area contributed by atoms with E-state index < -0.39 is 0 Å². The highest BCUT2D eigenvalue weighted by Crippen LogP contribution is 2.36. The van der Waals surface area contributed by atoms with Crippen molar-refractivity contribution in [2.75, 3.05) is 13.2 Å². The van der Waals surface area contributed by atoms with Gasteiger partial charge in [-0.15, -0.1) is 0 Å². The summed E-state index contributed by atoms with van der Waals surface area (Å²) in [6.45, 7) is -0.0409. The summed E-state index contributed by atoms with van der Waals surface area (Å²) in [5, 5.41) is 8.98. The highest BCUT2D eigenvalue weighted by atomic mass is 19.1. The van der Waals surface area contributed by atoms with Crippen LogP contribution in [0.1, 0.15) is 31.7 Å². The van der Waals surface area contributed by atoms with Crippen molar-refractivity contribution in [2.24, 2.45) is 0 Å². The lowest BCUT2D eigenvalue weighted by molar-refractivity contribution is -0.120. The van der Waals surface area contributed by atoms with Crippen molar-refractivity contribution >= 4 is 5.78 Å². The molecule has 0 radical (unpaired) electrons. The number of ether oxygens (including phenoxy) is 1. The second kappa shape index (κ2) is 8.48. The predicted molar refractivity (Wildman–Crippen MR) is 104 cm³/mol. The van der Waals surface area contributed by atoms with Crippen molar-refractivity contribution in [3.05, 3.63) is 48.7 Å². The number of halogens is 1. The fourth-order valence-corrected chi connectivity index (χ4v) is 3.59. The third-order valence-corrected chi connectivity index (χ3v) is 5.02. The molecule has 0 unspecified atom stereocenters. The average molecular weight is 396 g/mol. The molecule has 3 aromatic rings. The molecule has 4 rings (SSSR count). The highest BCUT2D eigenvalue weighted by molar-refractivity contribution is 5.80. The van der Waals surface area contributed by atoms with Gasteiger partial charge in [0.05, 0.1) is 30.0 Å². The molecule has 0 aliphatic heterocycles. The number of carbonyl (C=O) groups is 1. The molecule has 7 nitrogen and oxygen atoms in total. The van der Waals surface area contributed by atoms with Gasteiger partial charge in [0.1, 0.15) is 18.2 Å². The quantitative estimate of drug-likeness (QED) is 0.688. The van der Waals surface area contributed by atoms with Gasteiger partial charge in [-0.05, 0) is 43.2 Å². The Labute approximate surface area is 167 Å². The summed E-state index contributed by atoms with van der Waals surface area (Å²) >= 11 is 0. The Morgan fingerprint density at radius 3 is 2.62 bits per heavy atom. The number of aromatic nitrogens is 4. The summed E-state index contributed by atoms with van der Waals surface area (Å²) in [6, 6.07) is 8.20.